The monoisotopic (exact) mass is 338 g/mol. The highest BCUT2D eigenvalue weighted by Gasteiger charge is 2.11. The second kappa shape index (κ2) is 10.3. The van der Waals surface area contributed by atoms with Crippen LogP contribution >= 0.6 is 0 Å². The number of allylic oxidation sites excluding steroid dienone is 8. The van der Waals surface area contributed by atoms with E-state index in [-0.39, 0.29) is 5.92 Å². The van der Waals surface area contributed by atoms with E-state index >= 15 is 0 Å². The Hall–Kier alpha value is -2.62. The Bertz CT molecular complexity index is 685. The summed E-state index contributed by atoms with van der Waals surface area (Å²) in [5, 5.41) is 6.06. The Labute approximate surface area is 152 Å². The summed E-state index contributed by atoms with van der Waals surface area (Å²) in [6.45, 7) is 12.1. The van der Waals surface area contributed by atoms with E-state index in [1.807, 2.05) is 44.5 Å². The molecule has 0 unspecified atom stereocenters. The lowest BCUT2D eigenvalue weighted by Gasteiger charge is -2.20. The molecule has 1 heterocycles. The van der Waals surface area contributed by atoms with E-state index in [4.69, 9.17) is 5.73 Å². The van der Waals surface area contributed by atoms with Crippen LogP contribution in [-0.4, -0.2) is 24.0 Å². The number of hydrogen-bond donors (Lipinski definition) is 1. The van der Waals surface area contributed by atoms with E-state index < -0.39 is 0 Å². The number of hydrogen-bond acceptors (Lipinski definition) is 4. The molecule has 4 heteroatoms. The maximum Gasteiger partial charge on any atom is 0.0574 e. The van der Waals surface area contributed by atoms with Gasteiger partial charge in [-0.1, -0.05) is 38.7 Å². The summed E-state index contributed by atoms with van der Waals surface area (Å²) in [4.78, 5) is 4.43. The maximum atomic E-state index is 5.92. The molecule has 0 spiro atoms. The Morgan fingerprint density at radius 2 is 2.12 bits per heavy atom. The van der Waals surface area contributed by atoms with Gasteiger partial charge in [-0.05, 0) is 49.6 Å². The zero-order valence-electron chi connectivity index (χ0n) is 16.0. The van der Waals surface area contributed by atoms with Gasteiger partial charge in [-0.3, -0.25) is 4.99 Å². The summed E-state index contributed by atoms with van der Waals surface area (Å²) in [5.74, 6) is 0.177. The average Bonchev–Trinajstić information content (AvgIpc) is 2.59. The highest BCUT2D eigenvalue weighted by Crippen LogP contribution is 2.22. The number of aliphatic imine (C=N–C) groups is 1. The Balaban J connectivity index is 2.98. The molecule has 0 saturated heterocycles. The van der Waals surface area contributed by atoms with Gasteiger partial charge in [0.15, 0.2) is 0 Å². The summed E-state index contributed by atoms with van der Waals surface area (Å²) in [5.41, 5.74) is 10.8. The van der Waals surface area contributed by atoms with Crippen molar-refractivity contribution in [3.8, 4) is 0 Å². The van der Waals surface area contributed by atoms with E-state index in [2.05, 4.69) is 49.6 Å². The second-order valence-corrected chi connectivity index (χ2v) is 5.86. The van der Waals surface area contributed by atoms with Gasteiger partial charge >= 0.3 is 0 Å². The molecule has 0 saturated carbocycles. The van der Waals surface area contributed by atoms with Crippen molar-refractivity contribution in [2.24, 2.45) is 21.7 Å². The van der Waals surface area contributed by atoms with Crippen LogP contribution in [0.3, 0.4) is 0 Å². The lowest BCUT2D eigenvalue weighted by atomic mass is 9.98. The van der Waals surface area contributed by atoms with Crippen LogP contribution in [0, 0.1) is 5.92 Å². The third kappa shape index (κ3) is 6.42. The molecular formula is C21H30N4. The van der Waals surface area contributed by atoms with Gasteiger partial charge in [-0.2, -0.15) is 5.10 Å². The minimum atomic E-state index is 0.177. The van der Waals surface area contributed by atoms with Crippen LogP contribution < -0.4 is 5.73 Å². The SMILES string of the molecule is C=C1C=CC(/C(C)=C/C(=NC)[C@@H](C)/C=C\C(N)=C/CC)=CN1/N=C\C. The van der Waals surface area contributed by atoms with E-state index in [0.717, 1.165) is 34.7 Å². The fourth-order valence-electron chi connectivity index (χ4n) is 2.35. The number of hydrazone groups is 1. The van der Waals surface area contributed by atoms with Crippen molar-refractivity contribution in [1.82, 2.24) is 5.01 Å². The number of nitrogens with zero attached hydrogens (tertiary/aromatic N) is 3. The Morgan fingerprint density at radius 1 is 1.40 bits per heavy atom. The summed E-state index contributed by atoms with van der Waals surface area (Å²) < 4.78 is 0. The summed E-state index contributed by atoms with van der Waals surface area (Å²) in [7, 11) is 1.81. The van der Waals surface area contributed by atoms with Gasteiger partial charge in [0.25, 0.3) is 0 Å². The number of rotatable bonds is 7. The van der Waals surface area contributed by atoms with Crippen molar-refractivity contribution in [3.63, 3.8) is 0 Å². The van der Waals surface area contributed by atoms with Crippen LogP contribution in [0.4, 0.5) is 0 Å². The van der Waals surface area contributed by atoms with Crippen LogP contribution in [0.25, 0.3) is 0 Å². The van der Waals surface area contributed by atoms with Gasteiger partial charge < -0.3 is 5.73 Å². The van der Waals surface area contributed by atoms with E-state index in [0.29, 0.717) is 0 Å². The molecule has 0 radical (unpaired) electrons. The van der Waals surface area contributed by atoms with Crippen LogP contribution in [0.15, 0.2) is 81.9 Å². The van der Waals surface area contributed by atoms with E-state index in [9.17, 15) is 0 Å². The van der Waals surface area contributed by atoms with Crippen molar-refractivity contribution < 1.29 is 0 Å². The fraction of sp³-hybridized carbons (Fsp3) is 0.333. The molecule has 1 atom stereocenters. The summed E-state index contributed by atoms with van der Waals surface area (Å²) in [6, 6.07) is 0. The first-order valence-electron chi connectivity index (χ1n) is 8.58. The average molecular weight is 338 g/mol. The topological polar surface area (TPSA) is 54.0 Å². The third-order valence-corrected chi connectivity index (χ3v) is 3.81. The van der Waals surface area contributed by atoms with Gasteiger partial charge in [-0.25, -0.2) is 5.01 Å². The van der Waals surface area contributed by atoms with Gasteiger partial charge in [-0.15, -0.1) is 0 Å². The van der Waals surface area contributed by atoms with Gasteiger partial charge in [0.1, 0.15) is 0 Å². The largest absolute Gasteiger partial charge is 0.399 e. The third-order valence-electron chi connectivity index (χ3n) is 3.81. The normalized spacial score (nSPS) is 18.4. The maximum absolute atomic E-state index is 5.92. The molecular weight excluding hydrogens is 308 g/mol. The predicted octanol–water partition coefficient (Wildman–Crippen LogP) is 4.72. The molecule has 0 bridgehead atoms. The van der Waals surface area contributed by atoms with Gasteiger partial charge in [0.2, 0.25) is 0 Å². The zero-order valence-corrected chi connectivity index (χ0v) is 16.0. The molecule has 0 amide bonds. The molecule has 134 valence electrons. The first-order valence-corrected chi connectivity index (χ1v) is 8.58. The zero-order chi connectivity index (χ0) is 18.8. The van der Waals surface area contributed by atoms with Crippen LogP contribution in [0.1, 0.15) is 34.1 Å². The molecule has 2 N–H and O–H groups in total. The molecule has 1 aliphatic rings. The van der Waals surface area contributed by atoms with Crippen LogP contribution in [0.5, 0.6) is 0 Å². The quantitative estimate of drug-likeness (QED) is 0.539. The van der Waals surface area contributed by atoms with Crippen LogP contribution in [0.2, 0.25) is 0 Å². The van der Waals surface area contributed by atoms with Crippen molar-refractivity contribution in [3.05, 3.63) is 71.8 Å². The smallest absolute Gasteiger partial charge is 0.0574 e. The van der Waals surface area contributed by atoms with Crippen molar-refractivity contribution in [2.75, 3.05) is 7.05 Å². The molecule has 0 fully saturated rings. The fourth-order valence-corrected chi connectivity index (χ4v) is 2.35. The molecule has 0 aromatic carbocycles. The predicted molar refractivity (Wildman–Crippen MR) is 110 cm³/mol. The minimum Gasteiger partial charge on any atom is -0.399 e. The molecule has 1 aliphatic heterocycles. The summed E-state index contributed by atoms with van der Waals surface area (Å²) >= 11 is 0. The molecule has 0 aromatic rings. The van der Waals surface area contributed by atoms with Crippen molar-refractivity contribution in [2.45, 2.75) is 34.1 Å². The molecule has 0 aromatic heterocycles. The Kier molecular flexibility index (Phi) is 8.40. The number of nitrogens with two attached hydrogens (primary N) is 1. The molecule has 0 aliphatic carbocycles. The summed E-state index contributed by atoms with van der Waals surface area (Å²) in [6.07, 6.45) is 16.8. The standard InChI is InChI=1S/C21H30N4/c1-7-9-20(22)13-10-16(3)21(23-6)14-17(4)19-12-11-18(5)25(15-19)24-8-2/h8-16H,5,7,22H2,1-4,6H3/b13-10-,17-14+,20-9+,23-21?,24-8-/t16-/m0/s1. The van der Waals surface area contributed by atoms with Crippen LogP contribution in [-0.2, 0) is 0 Å². The highest BCUT2D eigenvalue weighted by atomic mass is 15.4. The van der Waals surface area contributed by atoms with Gasteiger partial charge in [0, 0.05) is 36.8 Å². The van der Waals surface area contributed by atoms with Gasteiger partial charge in [0.05, 0.1) is 5.70 Å². The molecule has 4 nitrogen and oxygen atoms in total. The first kappa shape index (κ1) is 20.4. The molecule has 25 heavy (non-hydrogen) atoms. The van der Waals surface area contributed by atoms with Crippen molar-refractivity contribution in [1.29, 1.82) is 0 Å². The van der Waals surface area contributed by atoms with E-state index in [1.54, 1.807) is 11.2 Å². The lowest BCUT2D eigenvalue weighted by Crippen LogP contribution is -2.12. The molecule has 1 rings (SSSR count). The first-order chi connectivity index (χ1) is 11.9. The lowest BCUT2D eigenvalue weighted by molar-refractivity contribution is 0.511. The second-order valence-electron chi connectivity index (χ2n) is 5.86. The van der Waals surface area contributed by atoms with Crippen molar-refractivity contribution >= 4 is 11.9 Å². The minimum absolute atomic E-state index is 0.177. The van der Waals surface area contributed by atoms with E-state index in [1.165, 1.54) is 0 Å². The highest BCUT2D eigenvalue weighted by molar-refractivity contribution is 5.98. The Morgan fingerprint density at radius 3 is 2.72 bits per heavy atom.